The third-order valence-corrected chi connectivity index (χ3v) is 17.0. The summed E-state index contributed by atoms with van der Waals surface area (Å²) in [6, 6.07) is 97.9. The largest absolute Gasteiger partial charge is 0.458 e. The third kappa shape index (κ3) is 6.20. The molecule has 0 atom stereocenters. The number of nitrogens with zero attached hydrogens (tertiary/aromatic N) is 2. The van der Waals surface area contributed by atoms with Crippen molar-refractivity contribution < 1.29 is 9.47 Å². The second kappa shape index (κ2) is 16.7. The highest BCUT2D eigenvalue weighted by molar-refractivity contribution is 7.01. The summed E-state index contributed by atoms with van der Waals surface area (Å²) >= 11 is 0. The van der Waals surface area contributed by atoms with Crippen LogP contribution in [0.5, 0.6) is 23.0 Å². The molecule has 0 aliphatic carbocycles. The number of benzene rings is 12. The van der Waals surface area contributed by atoms with Gasteiger partial charge in [0.25, 0.3) is 13.4 Å². The molecule has 0 bridgehead atoms. The van der Waals surface area contributed by atoms with Gasteiger partial charge in [-0.2, -0.15) is 0 Å². The number of ether oxygens (including phenoxy) is 2. The third-order valence-electron chi connectivity index (χ3n) is 17.0. The Bertz CT molecular complexity index is 4440. The standard InChI is InChI=1S/C72H44B2N2O2/c1-9-29-57-49(23-1)55-41-45(47-21-3-13-33-61(47)75-63-35-15-5-25-51(63)52-26-6-16-36-64(52)75)43-69-71(55)74(60-32-12-20-40-68(60)77-69)58-30-10-2-24-50(58)56-42-46(44-70-72(56)73(57)59-31-11-19-39-67(59)78-70)48-22-4-14-34-62(48)76-65-37-17-7-27-53(65)54-28-8-18-38-66(54)76/h1-44H. The molecule has 78 heavy (non-hydrogen) atoms. The van der Waals surface area contributed by atoms with Gasteiger partial charge in [-0.1, -0.05) is 205 Å². The highest BCUT2D eigenvalue weighted by Crippen LogP contribution is 2.44. The molecule has 4 nitrogen and oxygen atoms in total. The first-order valence-electron chi connectivity index (χ1n) is 27.0. The van der Waals surface area contributed by atoms with Crippen LogP contribution in [-0.2, 0) is 0 Å². The van der Waals surface area contributed by atoms with Crippen molar-refractivity contribution in [1.82, 2.24) is 9.13 Å². The second-order valence-electron chi connectivity index (χ2n) is 21.0. The lowest BCUT2D eigenvalue weighted by Gasteiger charge is -2.35. The molecule has 0 radical (unpaired) electrons. The van der Waals surface area contributed by atoms with Crippen molar-refractivity contribution >= 4 is 89.8 Å². The molecular formula is C72H44B2N2O2. The van der Waals surface area contributed by atoms with E-state index >= 15 is 0 Å². The van der Waals surface area contributed by atoms with E-state index in [2.05, 4.69) is 276 Å². The van der Waals surface area contributed by atoms with Crippen LogP contribution >= 0.6 is 0 Å². The second-order valence-corrected chi connectivity index (χ2v) is 21.0. The highest BCUT2D eigenvalue weighted by atomic mass is 16.5. The topological polar surface area (TPSA) is 28.3 Å². The fourth-order valence-electron chi connectivity index (χ4n) is 13.8. The molecule has 2 aromatic heterocycles. The maximum atomic E-state index is 7.32. The smallest absolute Gasteiger partial charge is 0.252 e. The molecule has 17 rings (SSSR count). The highest BCUT2D eigenvalue weighted by Gasteiger charge is 2.42. The normalized spacial score (nSPS) is 12.8. The molecule has 3 aliphatic rings. The van der Waals surface area contributed by atoms with Crippen LogP contribution in [0.15, 0.2) is 267 Å². The lowest BCUT2D eigenvalue weighted by molar-refractivity contribution is 0.487. The molecular weight excluding hydrogens is 946 g/mol. The van der Waals surface area contributed by atoms with Crippen LogP contribution in [0.4, 0.5) is 0 Å². The Morgan fingerprint density at radius 3 is 0.949 bits per heavy atom. The van der Waals surface area contributed by atoms with Gasteiger partial charge in [-0.05, 0) is 128 Å². The van der Waals surface area contributed by atoms with Gasteiger partial charge in [0, 0.05) is 32.7 Å². The number of para-hydroxylation sites is 8. The number of aromatic nitrogens is 2. The van der Waals surface area contributed by atoms with Crippen molar-refractivity contribution in [1.29, 1.82) is 0 Å². The Labute approximate surface area is 451 Å². The van der Waals surface area contributed by atoms with Crippen LogP contribution < -0.4 is 42.3 Å². The number of hydrogen-bond donors (Lipinski definition) is 0. The first-order valence-corrected chi connectivity index (χ1v) is 27.0. The molecule has 5 heterocycles. The molecule has 3 aliphatic heterocycles. The Morgan fingerprint density at radius 2 is 0.551 bits per heavy atom. The van der Waals surface area contributed by atoms with Gasteiger partial charge in [0.15, 0.2) is 0 Å². The summed E-state index contributed by atoms with van der Waals surface area (Å²) in [5.74, 6) is 3.44. The van der Waals surface area contributed by atoms with Gasteiger partial charge in [0.05, 0.1) is 33.4 Å². The number of fused-ring (bicyclic) bond motifs is 16. The quantitative estimate of drug-likeness (QED) is 0.164. The zero-order valence-corrected chi connectivity index (χ0v) is 42.3. The van der Waals surface area contributed by atoms with Crippen LogP contribution in [0.1, 0.15) is 0 Å². The van der Waals surface area contributed by atoms with Gasteiger partial charge in [-0.3, -0.25) is 0 Å². The van der Waals surface area contributed by atoms with Gasteiger partial charge >= 0.3 is 0 Å². The molecule has 0 saturated carbocycles. The van der Waals surface area contributed by atoms with Gasteiger partial charge in [-0.25, -0.2) is 0 Å². The van der Waals surface area contributed by atoms with Gasteiger partial charge in [0.2, 0.25) is 0 Å². The van der Waals surface area contributed by atoms with Crippen LogP contribution in [0.3, 0.4) is 0 Å². The Hall–Kier alpha value is -10.0. The molecule has 0 spiro atoms. The summed E-state index contributed by atoms with van der Waals surface area (Å²) in [7, 11) is 0. The van der Waals surface area contributed by atoms with Crippen molar-refractivity contribution in [2.75, 3.05) is 0 Å². The molecule has 0 fully saturated rings. The van der Waals surface area contributed by atoms with E-state index in [1.165, 1.54) is 54.5 Å². The summed E-state index contributed by atoms with van der Waals surface area (Å²) in [6.07, 6.45) is 0. The zero-order chi connectivity index (χ0) is 51.0. The summed E-state index contributed by atoms with van der Waals surface area (Å²) in [4.78, 5) is 0. The van der Waals surface area contributed by atoms with E-state index in [1.54, 1.807) is 0 Å². The summed E-state index contributed by atoms with van der Waals surface area (Å²) in [5.41, 5.74) is 22.9. The Morgan fingerprint density at radius 1 is 0.244 bits per heavy atom. The minimum absolute atomic E-state index is 0.191. The molecule has 0 amide bonds. The molecule has 0 saturated heterocycles. The fourth-order valence-corrected chi connectivity index (χ4v) is 13.8. The maximum absolute atomic E-state index is 7.32. The van der Waals surface area contributed by atoms with Crippen molar-refractivity contribution in [3.05, 3.63) is 267 Å². The first-order chi connectivity index (χ1) is 38.7. The number of rotatable bonds is 4. The van der Waals surface area contributed by atoms with Crippen LogP contribution in [0.2, 0.25) is 0 Å². The lowest BCUT2D eigenvalue weighted by Crippen LogP contribution is -2.59. The summed E-state index contributed by atoms with van der Waals surface area (Å²) < 4.78 is 19.5. The van der Waals surface area contributed by atoms with E-state index in [-0.39, 0.29) is 13.4 Å². The van der Waals surface area contributed by atoms with E-state index in [0.29, 0.717) is 0 Å². The minimum atomic E-state index is -0.191. The van der Waals surface area contributed by atoms with E-state index in [1.807, 2.05) is 0 Å². The molecule has 0 N–H and O–H groups in total. The predicted octanol–water partition coefficient (Wildman–Crippen LogP) is 14.1. The maximum Gasteiger partial charge on any atom is 0.252 e. The average molecular weight is 991 g/mol. The zero-order valence-electron chi connectivity index (χ0n) is 42.3. The lowest BCUT2D eigenvalue weighted by atomic mass is 9.31. The summed E-state index contributed by atoms with van der Waals surface area (Å²) in [6.45, 7) is -0.383. The Kier molecular flexibility index (Phi) is 9.28. The first kappa shape index (κ1) is 43.2. The molecule has 14 aromatic rings. The number of hydrogen-bond acceptors (Lipinski definition) is 2. The predicted molar refractivity (Wildman–Crippen MR) is 326 cm³/mol. The molecule has 0 unspecified atom stereocenters. The van der Waals surface area contributed by atoms with Crippen molar-refractivity contribution in [2.24, 2.45) is 0 Å². The van der Waals surface area contributed by atoms with E-state index < -0.39 is 0 Å². The van der Waals surface area contributed by atoms with Crippen LogP contribution in [-0.4, -0.2) is 22.6 Å². The van der Waals surface area contributed by atoms with Crippen LogP contribution in [0, 0.1) is 0 Å². The van der Waals surface area contributed by atoms with E-state index in [0.717, 1.165) is 101 Å². The van der Waals surface area contributed by atoms with Crippen molar-refractivity contribution in [3.63, 3.8) is 0 Å². The van der Waals surface area contributed by atoms with Crippen LogP contribution in [0.25, 0.3) is 99.5 Å². The average Bonchev–Trinajstić information content (AvgIpc) is 4.16. The summed E-state index contributed by atoms with van der Waals surface area (Å²) in [5, 5.41) is 4.92. The minimum Gasteiger partial charge on any atom is -0.458 e. The fraction of sp³-hybridized carbons (Fsp3) is 0. The monoisotopic (exact) mass is 990 g/mol. The van der Waals surface area contributed by atoms with Gasteiger partial charge in [0.1, 0.15) is 23.0 Å². The van der Waals surface area contributed by atoms with Gasteiger partial charge < -0.3 is 18.6 Å². The molecule has 12 aromatic carbocycles. The van der Waals surface area contributed by atoms with Crippen molar-refractivity contribution in [3.8, 4) is 78.9 Å². The van der Waals surface area contributed by atoms with Crippen molar-refractivity contribution in [2.45, 2.75) is 0 Å². The molecule has 6 heteroatoms. The molecule has 360 valence electrons. The Balaban J connectivity index is 0.963. The SMILES string of the molecule is c1ccc2c(c1)Oc1cc(-c3ccccc3-n3c4ccccc4c4ccccc43)cc3c1B2c1ccccc1-c1cc(-c2ccccc2-n2c4ccccc4c4ccccc42)cc2c1B(c1ccccc1O2)c1ccccc1-3. The van der Waals surface area contributed by atoms with E-state index in [9.17, 15) is 0 Å². The van der Waals surface area contributed by atoms with E-state index in [4.69, 9.17) is 9.47 Å². The van der Waals surface area contributed by atoms with Gasteiger partial charge in [-0.15, -0.1) is 0 Å².